The van der Waals surface area contributed by atoms with Crippen molar-refractivity contribution in [2.75, 3.05) is 7.11 Å². The molecule has 5 heteroatoms. The second-order valence-corrected chi connectivity index (χ2v) is 4.95. The van der Waals surface area contributed by atoms with Gasteiger partial charge in [0, 0.05) is 11.6 Å². The molecule has 0 aliphatic heterocycles. The van der Waals surface area contributed by atoms with Crippen LogP contribution in [0.5, 0.6) is 5.75 Å². The Bertz CT molecular complexity index is 767. The topological polar surface area (TPSA) is 73.3 Å². The number of nitrogens with zero attached hydrogens (tertiary/aromatic N) is 1. The lowest BCUT2D eigenvalue weighted by Gasteiger charge is -2.13. The Hall–Kier alpha value is -2.37. The Kier molecular flexibility index (Phi) is 3.60. The van der Waals surface area contributed by atoms with Crippen LogP contribution in [0.1, 0.15) is 22.9 Å². The number of hydrogen-bond acceptors (Lipinski definition) is 5. The van der Waals surface area contributed by atoms with E-state index in [0.717, 1.165) is 22.3 Å². The first kappa shape index (κ1) is 13.6. The van der Waals surface area contributed by atoms with Crippen LogP contribution in [-0.2, 0) is 0 Å². The summed E-state index contributed by atoms with van der Waals surface area (Å²) in [6, 6.07) is 9.67. The van der Waals surface area contributed by atoms with Crippen molar-refractivity contribution < 1.29 is 9.15 Å². The zero-order valence-corrected chi connectivity index (χ0v) is 12.0. The van der Waals surface area contributed by atoms with Gasteiger partial charge in [0.05, 0.1) is 13.3 Å². The fourth-order valence-corrected chi connectivity index (χ4v) is 2.37. The number of fused-ring (bicyclic) bond motifs is 1. The van der Waals surface area contributed by atoms with Crippen LogP contribution in [-0.4, -0.2) is 12.1 Å². The minimum absolute atomic E-state index is 0.277. The molecular weight excluding hydrogens is 266 g/mol. The number of rotatable bonds is 4. The summed E-state index contributed by atoms with van der Waals surface area (Å²) in [5.41, 5.74) is 5.68. The SMILES string of the molecule is COc1cncc(C(NN)c2cc3cc(C)ccc3o2)c1. The van der Waals surface area contributed by atoms with Crippen molar-refractivity contribution in [3.8, 4) is 5.75 Å². The number of furan rings is 1. The maximum Gasteiger partial charge on any atom is 0.137 e. The summed E-state index contributed by atoms with van der Waals surface area (Å²) in [4.78, 5) is 4.16. The summed E-state index contributed by atoms with van der Waals surface area (Å²) in [6.45, 7) is 2.05. The molecule has 0 bridgehead atoms. The highest BCUT2D eigenvalue weighted by molar-refractivity contribution is 5.78. The van der Waals surface area contributed by atoms with Gasteiger partial charge in [-0.05, 0) is 36.8 Å². The maximum absolute atomic E-state index is 5.89. The molecule has 1 aromatic carbocycles. The smallest absolute Gasteiger partial charge is 0.137 e. The highest BCUT2D eigenvalue weighted by Gasteiger charge is 2.18. The van der Waals surface area contributed by atoms with Gasteiger partial charge in [0.2, 0.25) is 0 Å². The standard InChI is InChI=1S/C16H17N3O2/c1-10-3-4-14-11(5-10)7-15(21-14)16(19-17)12-6-13(20-2)9-18-8-12/h3-9,16,19H,17H2,1-2H3. The largest absolute Gasteiger partial charge is 0.495 e. The Labute approximate surface area is 122 Å². The van der Waals surface area contributed by atoms with Gasteiger partial charge in [0.15, 0.2) is 0 Å². The number of pyridine rings is 1. The van der Waals surface area contributed by atoms with Crippen LogP contribution in [0, 0.1) is 6.92 Å². The molecule has 0 amide bonds. The molecular formula is C16H17N3O2. The highest BCUT2D eigenvalue weighted by Crippen LogP contribution is 2.29. The minimum Gasteiger partial charge on any atom is -0.495 e. The minimum atomic E-state index is -0.277. The van der Waals surface area contributed by atoms with E-state index >= 15 is 0 Å². The molecule has 2 aromatic heterocycles. The molecule has 1 unspecified atom stereocenters. The third-order valence-electron chi connectivity index (χ3n) is 3.45. The van der Waals surface area contributed by atoms with Crippen LogP contribution in [0.25, 0.3) is 11.0 Å². The van der Waals surface area contributed by atoms with Gasteiger partial charge in [-0.1, -0.05) is 11.6 Å². The van der Waals surface area contributed by atoms with Gasteiger partial charge in [-0.15, -0.1) is 0 Å². The molecule has 108 valence electrons. The molecule has 0 aliphatic carbocycles. The van der Waals surface area contributed by atoms with E-state index in [4.69, 9.17) is 15.0 Å². The second-order valence-electron chi connectivity index (χ2n) is 4.95. The van der Waals surface area contributed by atoms with E-state index in [1.165, 1.54) is 5.56 Å². The number of aryl methyl sites for hydroxylation is 1. The van der Waals surface area contributed by atoms with Crippen molar-refractivity contribution in [3.05, 3.63) is 59.6 Å². The lowest BCUT2D eigenvalue weighted by Crippen LogP contribution is -2.28. The summed E-state index contributed by atoms with van der Waals surface area (Å²) in [5.74, 6) is 7.13. The molecule has 3 N–H and O–H groups in total. The molecule has 0 saturated carbocycles. The molecule has 21 heavy (non-hydrogen) atoms. The number of aromatic nitrogens is 1. The molecule has 0 saturated heterocycles. The average Bonchev–Trinajstić information content (AvgIpc) is 2.91. The molecule has 3 aromatic rings. The van der Waals surface area contributed by atoms with Gasteiger partial charge in [-0.2, -0.15) is 0 Å². The number of hydrazine groups is 1. The molecule has 0 radical (unpaired) electrons. The Morgan fingerprint density at radius 1 is 1.24 bits per heavy atom. The average molecular weight is 283 g/mol. The lowest BCUT2D eigenvalue weighted by atomic mass is 10.1. The number of nitrogens with two attached hydrogens (primary N) is 1. The molecule has 5 nitrogen and oxygen atoms in total. The summed E-state index contributed by atoms with van der Waals surface area (Å²) in [5, 5.41) is 1.06. The predicted molar refractivity (Wildman–Crippen MR) is 80.9 cm³/mol. The van der Waals surface area contributed by atoms with Gasteiger partial charge >= 0.3 is 0 Å². The fraction of sp³-hybridized carbons (Fsp3) is 0.188. The number of nitrogens with one attached hydrogen (secondary N) is 1. The van der Waals surface area contributed by atoms with Crippen molar-refractivity contribution >= 4 is 11.0 Å². The maximum atomic E-state index is 5.89. The van der Waals surface area contributed by atoms with Crippen molar-refractivity contribution in [2.45, 2.75) is 13.0 Å². The van der Waals surface area contributed by atoms with Crippen molar-refractivity contribution in [1.82, 2.24) is 10.4 Å². The van der Waals surface area contributed by atoms with Gasteiger partial charge in [-0.25, -0.2) is 5.43 Å². The Balaban J connectivity index is 2.04. The van der Waals surface area contributed by atoms with Gasteiger partial charge in [-0.3, -0.25) is 10.8 Å². The molecule has 0 spiro atoms. The third kappa shape index (κ3) is 2.61. The van der Waals surface area contributed by atoms with Crippen molar-refractivity contribution in [3.63, 3.8) is 0 Å². The number of hydrogen-bond donors (Lipinski definition) is 2. The van der Waals surface area contributed by atoms with E-state index in [2.05, 4.69) is 23.4 Å². The van der Waals surface area contributed by atoms with Crippen molar-refractivity contribution in [1.29, 1.82) is 0 Å². The Morgan fingerprint density at radius 3 is 2.86 bits per heavy atom. The first-order valence-electron chi connectivity index (χ1n) is 6.66. The van der Waals surface area contributed by atoms with E-state index in [0.29, 0.717) is 5.75 Å². The third-order valence-corrected chi connectivity index (χ3v) is 3.45. The van der Waals surface area contributed by atoms with Crippen LogP contribution >= 0.6 is 0 Å². The van der Waals surface area contributed by atoms with Gasteiger partial charge in [0.25, 0.3) is 0 Å². The second kappa shape index (κ2) is 5.55. The monoisotopic (exact) mass is 283 g/mol. The van der Waals surface area contributed by atoms with E-state index in [9.17, 15) is 0 Å². The number of ether oxygens (including phenoxy) is 1. The van der Waals surface area contributed by atoms with E-state index in [1.54, 1.807) is 19.5 Å². The van der Waals surface area contributed by atoms with Gasteiger partial charge in [0.1, 0.15) is 23.1 Å². The number of benzene rings is 1. The van der Waals surface area contributed by atoms with Crippen LogP contribution in [0.15, 0.2) is 47.1 Å². The normalized spacial score (nSPS) is 12.5. The zero-order valence-electron chi connectivity index (χ0n) is 12.0. The zero-order chi connectivity index (χ0) is 14.8. The quantitative estimate of drug-likeness (QED) is 0.569. The van der Waals surface area contributed by atoms with Crippen LogP contribution in [0.3, 0.4) is 0 Å². The van der Waals surface area contributed by atoms with Gasteiger partial charge < -0.3 is 9.15 Å². The first-order valence-corrected chi connectivity index (χ1v) is 6.66. The summed E-state index contributed by atoms with van der Waals surface area (Å²) < 4.78 is 11.1. The molecule has 1 atom stereocenters. The fourth-order valence-electron chi connectivity index (χ4n) is 2.37. The number of methoxy groups -OCH3 is 1. The van der Waals surface area contributed by atoms with Crippen LogP contribution < -0.4 is 16.0 Å². The summed E-state index contributed by atoms with van der Waals surface area (Å²) in [7, 11) is 1.61. The molecule has 2 heterocycles. The summed E-state index contributed by atoms with van der Waals surface area (Å²) in [6.07, 6.45) is 3.39. The van der Waals surface area contributed by atoms with Crippen molar-refractivity contribution in [2.24, 2.45) is 5.84 Å². The highest BCUT2D eigenvalue weighted by atomic mass is 16.5. The molecule has 3 rings (SSSR count). The lowest BCUT2D eigenvalue weighted by molar-refractivity contribution is 0.410. The van der Waals surface area contributed by atoms with E-state index in [-0.39, 0.29) is 6.04 Å². The van der Waals surface area contributed by atoms with Crippen LogP contribution in [0.4, 0.5) is 0 Å². The van der Waals surface area contributed by atoms with E-state index < -0.39 is 0 Å². The Morgan fingerprint density at radius 2 is 2.10 bits per heavy atom. The summed E-state index contributed by atoms with van der Waals surface area (Å²) >= 11 is 0. The molecule has 0 fully saturated rings. The predicted octanol–water partition coefficient (Wildman–Crippen LogP) is 2.70. The van der Waals surface area contributed by atoms with Crippen LogP contribution in [0.2, 0.25) is 0 Å². The molecule has 0 aliphatic rings. The first-order chi connectivity index (χ1) is 10.2. The van der Waals surface area contributed by atoms with E-state index in [1.807, 2.05) is 24.3 Å².